The molecule has 0 bridgehead atoms. The lowest BCUT2D eigenvalue weighted by molar-refractivity contribution is -0.118. The van der Waals surface area contributed by atoms with Crippen molar-refractivity contribution in [3.63, 3.8) is 0 Å². The molecule has 0 fully saturated rings. The first-order chi connectivity index (χ1) is 11.4. The number of carbonyl (C=O) groups excluding carboxylic acids is 2. The number of benzene rings is 2. The molecule has 2 N–H and O–H groups in total. The SMILES string of the molecule is CC(C)C(=O)Nc1ccc(NC(=O)c2ccc(N(C)C)cc2)cc1. The Morgan fingerprint density at radius 3 is 1.79 bits per heavy atom. The van der Waals surface area contributed by atoms with Crippen LogP contribution in [0.25, 0.3) is 0 Å². The van der Waals surface area contributed by atoms with Crippen LogP contribution in [0.2, 0.25) is 0 Å². The molecule has 0 atom stereocenters. The molecule has 0 aliphatic heterocycles. The maximum absolute atomic E-state index is 12.3. The molecule has 2 rings (SSSR count). The van der Waals surface area contributed by atoms with Gasteiger partial charge in [0.1, 0.15) is 0 Å². The summed E-state index contributed by atoms with van der Waals surface area (Å²) in [5.74, 6) is -0.276. The lowest BCUT2D eigenvalue weighted by Crippen LogP contribution is -2.17. The fourth-order valence-corrected chi connectivity index (χ4v) is 2.04. The summed E-state index contributed by atoms with van der Waals surface area (Å²) < 4.78 is 0. The second-order valence-electron chi connectivity index (χ2n) is 6.12. The minimum absolute atomic E-state index is 0.0345. The molecule has 2 aromatic carbocycles. The number of rotatable bonds is 5. The number of carbonyl (C=O) groups is 2. The van der Waals surface area contributed by atoms with Gasteiger partial charge in [0, 0.05) is 42.6 Å². The van der Waals surface area contributed by atoms with Gasteiger partial charge < -0.3 is 15.5 Å². The van der Waals surface area contributed by atoms with Gasteiger partial charge in [-0.1, -0.05) is 13.8 Å². The van der Waals surface area contributed by atoms with E-state index in [0.717, 1.165) is 5.69 Å². The van der Waals surface area contributed by atoms with Gasteiger partial charge in [0.25, 0.3) is 5.91 Å². The Balaban J connectivity index is 2.00. The molecule has 0 heterocycles. The first kappa shape index (κ1) is 17.5. The molecular formula is C19H23N3O2. The van der Waals surface area contributed by atoms with E-state index in [4.69, 9.17) is 0 Å². The minimum Gasteiger partial charge on any atom is -0.378 e. The summed E-state index contributed by atoms with van der Waals surface area (Å²) in [7, 11) is 3.91. The number of hydrogen-bond acceptors (Lipinski definition) is 3. The van der Waals surface area contributed by atoms with Crippen molar-refractivity contribution in [1.82, 2.24) is 0 Å². The highest BCUT2D eigenvalue weighted by molar-refractivity contribution is 6.04. The predicted molar refractivity (Wildman–Crippen MR) is 98.6 cm³/mol. The van der Waals surface area contributed by atoms with Gasteiger partial charge in [-0.05, 0) is 48.5 Å². The highest BCUT2D eigenvalue weighted by Crippen LogP contribution is 2.17. The molecule has 0 saturated carbocycles. The van der Waals surface area contributed by atoms with E-state index in [-0.39, 0.29) is 17.7 Å². The zero-order valence-corrected chi connectivity index (χ0v) is 14.5. The Morgan fingerprint density at radius 2 is 1.33 bits per heavy atom. The lowest BCUT2D eigenvalue weighted by Gasteiger charge is -2.13. The Hall–Kier alpha value is -2.82. The summed E-state index contributed by atoms with van der Waals surface area (Å²) in [4.78, 5) is 25.9. The molecule has 5 nitrogen and oxygen atoms in total. The molecule has 0 aromatic heterocycles. The van der Waals surface area contributed by atoms with Gasteiger partial charge in [0.05, 0.1) is 0 Å². The second kappa shape index (κ2) is 7.64. The van der Waals surface area contributed by atoms with Crippen LogP contribution in [0.5, 0.6) is 0 Å². The Kier molecular flexibility index (Phi) is 5.58. The molecule has 24 heavy (non-hydrogen) atoms. The van der Waals surface area contributed by atoms with Crippen molar-refractivity contribution in [2.75, 3.05) is 29.6 Å². The molecule has 0 aliphatic carbocycles. The fourth-order valence-electron chi connectivity index (χ4n) is 2.04. The van der Waals surface area contributed by atoms with Crippen molar-refractivity contribution in [1.29, 1.82) is 0 Å². The highest BCUT2D eigenvalue weighted by Gasteiger charge is 2.08. The average molecular weight is 325 g/mol. The lowest BCUT2D eigenvalue weighted by atomic mass is 10.1. The third-order valence-electron chi connectivity index (χ3n) is 3.58. The molecule has 5 heteroatoms. The number of anilines is 3. The molecule has 0 saturated heterocycles. The van der Waals surface area contributed by atoms with Crippen molar-refractivity contribution in [3.8, 4) is 0 Å². The first-order valence-electron chi connectivity index (χ1n) is 7.86. The summed E-state index contributed by atoms with van der Waals surface area (Å²) in [6.07, 6.45) is 0. The maximum Gasteiger partial charge on any atom is 0.255 e. The van der Waals surface area contributed by atoms with Crippen molar-refractivity contribution in [3.05, 3.63) is 54.1 Å². The van der Waals surface area contributed by atoms with E-state index in [0.29, 0.717) is 16.9 Å². The molecular weight excluding hydrogens is 302 g/mol. The Labute approximate surface area is 142 Å². The smallest absolute Gasteiger partial charge is 0.255 e. The van der Waals surface area contributed by atoms with Crippen LogP contribution in [-0.4, -0.2) is 25.9 Å². The van der Waals surface area contributed by atoms with E-state index in [2.05, 4.69) is 10.6 Å². The molecule has 0 radical (unpaired) electrons. The van der Waals surface area contributed by atoms with Crippen LogP contribution in [0.15, 0.2) is 48.5 Å². The normalized spacial score (nSPS) is 10.4. The zero-order chi connectivity index (χ0) is 17.7. The first-order valence-corrected chi connectivity index (χ1v) is 7.86. The maximum atomic E-state index is 12.3. The molecule has 0 unspecified atom stereocenters. The van der Waals surface area contributed by atoms with Crippen LogP contribution in [0, 0.1) is 5.92 Å². The van der Waals surface area contributed by atoms with E-state index in [1.165, 1.54) is 0 Å². The van der Waals surface area contributed by atoms with E-state index < -0.39 is 0 Å². The Morgan fingerprint density at radius 1 is 0.833 bits per heavy atom. The van der Waals surface area contributed by atoms with Gasteiger partial charge >= 0.3 is 0 Å². The van der Waals surface area contributed by atoms with Gasteiger partial charge in [-0.3, -0.25) is 9.59 Å². The minimum atomic E-state index is -0.167. The summed E-state index contributed by atoms with van der Waals surface area (Å²) in [6, 6.07) is 14.5. The summed E-state index contributed by atoms with van der Waals surface area (Å²) in [6.45, 7) is 3.68. The molecule has 0 aliphatic rings. The predicted octanol–water partition coefficient (Wildman–Crippen LogP) is 3.60. The van der Waals surface area contributed by atoms with Crippen LogP contribution in [0.4, 0.5) is 17.1 Å². The second-order valence-corrected chi connectivity index (χ2v) is 6.12. The number of hydrogen-bond donors (Lipinski definition) is 2. The largest absolute Gasteiger partial charge is 0.378 e. The van der Waals surface area contributed by atoms with Crippen molar-refractivity contribution in [2.45, 2.75) is 13.8 Å². The van der Waals surface area contributed by atoms with Crippen LogP contribution < -0.4 is 15.5 Å². The van der Waals surface area contributed by atoms with E-state index in [1.807, 2.05) is 45.0 Å². The zero-order valence-electron chi connectivity index (χ0n) is 14.5. The number of nitrogens with zero attached hydrogens (tertiary/aromatic N) is 1. The van der Waals surface area contributed by atoms with Crippen LogP contribution in [0.3, 0.4) is 0 Å². The van der Waals surface area contributed by atoms with Crippen LogP contribution in [0.1, 0.15) is 24.2 Å². The summed E-state index contributed by atoms with van der Waals surface area (Å²) in [5, 5.41) is 5.66. The van der Waals surface area contributed by atoms with Gasteiger partial charge in [-0.15, -0.1) is 0 Å². The summed E-state index contributed by atoms with van der Waals surface area (Å²) in [5.41, 5.74) is 3.02. The van der Waals surface area contributed by atoms with Gasteiger partial charge in [-0.2, -0.15) is 0 Å². The fraction of sp³-hybridized carbons (Fsp3) is 0.263. The van der Waals surface area contributed by atoms with E-state index >= 15 is 0 Å². The quantitative estimate of drug-likeness (QED) is 0.883. The van der Waals surface area contributed by atoms with E-state index in [9.17, 15) is 9.59 Å². The van der Waals surface area contributed by atoms with Crippen molar-refractivity contribution < 1.29 is 9.59 Å². The standard InChI is InChI=1S/C19H23N3O2/c1-13(2)18(23)20-15-7-9-16(10-8-15)21-19(24)14-5-11-17(12-6-14)22(3)4/h5-13H,1-4H3,(H,20,23)(H,21,24). The van der Waals surface area contributed by atoms with Crippen LogP contribution >= 0.6 is 0 Å². The molecule has 2 amide bonds. The molecule has 2 aromatic rings. The van der Waals surface area contributed by atoms with Crippen LogP contribution in [-0.2, 0) is 4.79 Å². The van der Waals surface area contributed by atoms with Gasteiger partial charge in [0.2, 0.25) is 5.91 Å². The third kappa shape index (κ3) is 4.59. The Bertz CT molecular complexity index is 704. The number of amides is 2. The molecule has 126 valence electrons. The van der Waals surface area contributed by atoms with Gasteiger partial charge in [0.15, 0.2) is 0 Å². The average Bonchev–Trinajstić information content (AvgIpc) is 2.56. The third-order valence-corrected chi connectivity index (χ3v) is 3.58. The van der Waals surface area contributed by atoms with Crippen molar-refractivity contribution in [2.24, 2.45) is 5.92 Å². The van der Waals surface area contributed by atoms with E-state index in [1.54, 1.807) is 36.4 Å². The highest BCUT2D eigenvalue weighted by atomic mass is 16.2. The van der Waals surface area contributed by atoms with Crippen molar-refractivity contribution >= 4 is 28.9 Å². The number of nitrogens with one attached hydrogen (secondary N) is 2. The summed E-state index contributed by atoms with van der Waals surface area (Å²) >= 11 is 0. The van der Waals surface area contributed by atoms with Gasteiger partial charge in [-0.25, -0.2) is 0 Å². The monoisotopic (exact) mass is 325 g/mol. The molecule has 0 spiro atoms. The topological polar surface area (TPSA) is 61.4 Å².